The van der Waals surface area contributed by atoms with Crippen molar-refractivity contribution in [2.45, 2.75) is 84.1 Å². The van der Waals surface area contributed by atoms with Gasteiger partial charge in [-0.2, -0.15) is 5.10 Å². The van der Waals surface area contributed by atoms with E-state index in [1.807, 2.05) is 12.1 Å². The molecule has 212 valence electrons. The molecule has 6 rings (SSSR count). The van der Waals surface area contributed by atoms with Crippen LogP contribution in [0.4, 0.5) is 10.6 Å². The van der Waals surface area contributed by atoms with E-state index in [0.717, 1.165) is 42.7 Å². The normalized spacial score (nSPS) is 25.7. The molecule has 2 N–H and O–H groups in total. The van der Waals surface area contributed by atoms with Gasteiger partial charge in [-0.15, -0.1) is 0 Å². The van der Waals surface area contributed by atoms with Crippen molar-refractivity contribution in [2.75, 3.05) is 18.4 Å². The predicted octanol–water partition coefficient (Wildman–Crippen LogP) is 7.05. The number of benzene rings is 1. The summed E-state index contributed by atoms with van der Waals surface area (Å²) in [6, 6.07) is 7.00. The lowest BCUT2D eigenvalue weighted by Gasteiger charge is -2.57. The third kappa shape index (κ3) is 6.25. The Hall–Kier alpha value is -2.25. The first kappa shape index (κ1) is 28.3. The van der Waals surface area contributed by atoms with Gasteiger partial charge in [-0.05, 0) is 80.4 Å². The maximum absolute atomic E-state index is 13.6. The molecule has 0 atom stereocenters. The maximum atomic E-state index is 13.6. The van der Waals surface area contributed by atoms with Crippen LogP contribution in [0.15, 0.2) is 24.3 Å². The minimum atomic E-state index is -0.266. The average molecular weight is 575 g/mol. The Labute approximate surface area is 242 Å². The number of rotatable bonds is 7. The zero-order valence-electron chi connectivity index (χ0n) is 23.7. The second-order valence-electron chi connectivity index (χ2n) is 13.6. The van der Waals surface area contributed by atoms with E-state index in [9.17, 15) is 9.59 Å². The molecule has 0 unspecified atom stereocenters. The topological polar surface area (TPSA) is 79.3 Å². The molecule has 2 aromatic rings. The van der Waals surface area contributed by atoms with E-state index in [-0.39, 0.29) is 35.4 Å². The van der Waals surface area contributed by atoms with Gasteiger partial charge in [0.05, 0.1) is 21.4 Å². The van der Waals surface area contributed by atoms with E-state index in [1.54, 1.807) is 21.7 Å². The van der Waals surface area contributed by atoms with Crippen molar-refractivity contribution < 1.29 is 9.59 Å². The Balaban J connectivity index is 1.33. The van der Waals surface area contributed by atoms with Crippen molar-refractivity contribution >= 4 is 41.0 Å². The van der Waals surface area contributed by atoms with E-state index in [4.69, 9.17) is 28.3 Å². The summed E-state index contributed by atoms with van der Waals surface area (Å²) in [6.45, 7) is 10.8. The fourth-order valence-electron chi connectivity index (χ4n) is 7.24. The van der Waals surface area contributed by atoms with Crippen LogP contribution in [-0.2, 0) is 10.2 Å². The Bertz CT molecular complexity index is 1210. The number of aromatic nitrogens is 2. The molecule has 9 heteroatoms. The van der Waals surface area contributed by atoms with Gasteiger partial charge < -0.3 is 15.5 Å². The van der Waals surface area contributed by atoms with Crippen molar-refractivity contribution in [2.24, 2.45) is 23.7 Å². The number of anilines is 1. The first-order valence-electron chi connectivity index (χ1n) is 14.2. The van der Waals surface area contributed by atoms with Crippen LogP contribution >= 0.6 is 23.2 Å². The van der Waals surface area contributed by atoms with E-state index in [0.29, 0.717) is 28.1 Å². The summed E-state index contributed by atoms with van der Waals surface area (Å²) in [5, 5.41) is 12.1. The zero-order chi connectivity index (χ0) is 28.1. The molecule has 4 bridgehead atoms. The first-order chi connectivity index (χ1) is 18.3. The smallest absolute Gasteiger partial charge is 0.318 e. The molecule has 1 heterocycles. The Morgan fingerprint density at radius 2 is 1.67 bits per heavy atom. The fourth-order valence-corrected chi connectivity index (χ4v) is 7.53. The second-order valence-corrected chi connectivity index (χ2v) is 14.4. The standard InChI is InChI=1S/C30H41Cl2N5O2/c1-18(2)16-36(28(39)34-30-13-19-8-20(14-30)10-21(9-19)15-30)17-27(38)33-26-12-25(29(3,4)5)35-37(26)22-6-7-23(31)24(32)11-22/h6-7,11-12,18-21H,8-10,13-17H2,1-5H3,(H,33,38)(H,34,39). The van der Waals surface area contributed by atoms with Gasteiger partial charge in [-0.1, -0.05) is 57.8 Å². The van der Waals surface area contributed by atoms with Crippen LogP contribution in [0.25, 0.3) is 5.69 Å². The average Bonchev–Trinajstić information content (AvgIpc) is 3.23. The molecule has 1 aromatic heterocycles. The molecule has 4 aliphatic rings. The summed E-state index contributed by atoms with van der Waals surface area (Å²) < 4.78 is 1.67. The van der Waals surface area contributed by atoms with Gasteiger partial charge in [0.25, 0.3) is 0 Å². The molecule has 4 saturated carbocycles. The molecule has 4 aliphatic carbocycles. The van der Waals surface area contributed by atoms with Crippen LogP contribution in [0.2, 0.25) is 10.0 Å². The molecule has 7 nitrogen and oxygen atoms in total. The molecular formula is C30H41Cl2N5O2. The highest BCUT2D eigenvalue weighted by molar-refractivity contribution is 6.42. The van der Waals surface area contributed by atoms with Gasteiger partial charge in [0, 0.05) is 23.6 Å². The lowest BCUT2D eigenvalue weighted by Crippen LogP contribution is -2.62. The summed E-state index contributed by atoms with van der Waals surface area (Å²) in [5.41, 5.74) is 1.17. The first-order valence-corrected chi connectivity index (χ1v) is 15.0. The SMILES string of the molecule is CC(C)CN(CC(=O)Nc1cc(C(C)(C)C)nn1-c1ccc(Cl)c(Cl)c1)C(=O)NC12CC3CC(CC(C3)C1)C2. The molecule has 0 aliphatic heterocycles. The number of amides is 3. The van der Waals surface area contributed by atoms with E-state index < -0.39 is 0 Å². The molecule has 39 heavy (non-hydrogen) atoms. The second kappa shape index (κ2) is 10.6. The van der Waals surface area contributed by atoms with Crippen LogP contribution in [0.1, 0.15) is 78.8 Å². The molecule has 1 aromatic carbocycles. The number of nitrogens with zero attached hydrogens (tertiary/aromatic N) is 3. The number of urea groups is 1. The van der Waals surface area contributed by atoms with Gasteiger partial charge in [0.2, 0.25) is 5.91 Å². The molecule has 3 amide bonds. The third-order valence-corrected chi connectivity index (χ3v) is 9.25. The molecule has 0 saturated heterocycles. The lowest BCUT2D eigenvalue weighted by atomic mass is 9.53. The predicted molar refractivity (Wildman–Crippen MR) is 157 cm³/mol. The highest BCUT2D eigenvalue weighted by atomic mass is 35.5. The number of carbonyl (C=O) groups excluding carboxylic acids is 2. The highest BCUT2D eigenvalue weighted by Gasteiger charge is 2.51. The maximum Gasteiger partial charge on any atom is 0.318 e. The summed E-state index contributed by atoms with van der Waals surface area (Å²) in [4.78, 5) is 28.7. The Kier molecular flexibility index (Phi) is 7.70. The molecule has 4 fully saturated rings. The van der Waals surface area contributed by atoms with Crippen LogP contribution in [0.3, 0.4) is 0 Å². The van der Waals surface area contributed by atoms with Gasteiger partial charge >= 0.3 is 6.03 Å². The third-order valence-electron chi connectivity index (χ3n) is 8.51. The van der Waals surface area contributed by atoms with Crippen LogP contribution in [0, 0.1) is 23.7 Å². The fraction of sp³-hybridized carbons (Fsp3) is 0.633. The van der Waals surface area contributed by atoms with Crippen LogP contribution in [-0.4, -0.2) is 45.2 Å². The van der Waals surface area contributed by atoms with E-state index in [1.165, 1.54) is 19.3 Å². The number of carbonyl (C=O) groups is 2. The zero-order valence-corrected chi connectivity index (χ0v) is 25.2. The van der Waals surface area contributed by atoms with Crippen molar-refractivity contribution in [1.29, 1.82) is 0 Å². The van der Waals surface area contributed by atoms with E-state index >= 15 is 0 Å². The lowest BCUT2D eigenvalue weighted by molar-refractivity contribution is -0.117. The van der Waals surface area contributed by atoms with Gasteiger partial charge in [-0.3, -0.25) is 4.79 Å². The van der Waals surface area contributed by atoms with Gasteiger partial charge in [-0.25, -0.2) is 9.48 Å². The summed E-state index contributed by atoms with van der Waals surface area (Å²) in [6.07, 6.45) is 7.17. The summed E-state index contributed by atoms with van der Waals surface area (Å²) in [7, 11) is 0. The highest BCUT2D eigenvalue weighted by Crippen LogP contribution is 2.55. The number of hydrogen-bond acceptors (Lipinski definition) is 3. The molecule has 0 spiro atoms. The number of nitrogens with one attached hydrogen (secondary N) is 2. The minimum Gasteiger partial charge on any atom is -0.333 e. The Morgan fingerprint density at radius 1 is 1.05 bits per heavy atom. The van der Waals surface area contributed by atoms with Crippen molar-refractivity contribution in [3.8, 4) is 5.69 Å². The van der Waals surface area contributed by atoms with Crippen molar-refractivity contribution in [3.05, 3.63) is 40.0 Å². The molecule has 0 radical (unpaired) electrons. The summed E-state index contributed by atoms with van der Waals surface area (Å²) in [5.74, 6) is 2.69. The molecular weight excluding hydrogens is 533 g/mol. The van der Waals surface area contributed by atoms with Crippen LogP contribution in [0.5, 0.6) is 0 Å². The summed E-state index contributed by atoms with van der Waals surface area (Å²) >= 11 is 12.4. The Morgan fingerprint density at radius 3 is 2.21 bits per heavy atom. The quantitative estimate of drug-likeness (QED) is 0.372. The monoisotopic (exact) mass is 573 g/mol. The van der Waals surface area contributed by atoms with Crippen molar-refractivity contribution in [1.82, 2.24) is 20.0 Å². The minimum absolute atomic E-state index is 0.0339. The largest absolute Gasteiger partial charge is 0.333 e. The van der Waals surface area contributed by atoms with Gasteiger partial charge in [0.1, 0.15) is 12.4 Å². The van der Waals surface area contributed by atoms with E-state index in [2.05, 4.69) is 45.3 Å². The van der Waals surface area contributed by atoms with Crippen LogP contribution < -0.4 is 10.6 Å². The van der Waals surface area contributed by atoms with Crippen molar-refractivity contribution in [3.63, 3.8) is 0 Å². The number of halogens is 2. The van der Waals surface area contributed by atoms with Gasteiger partial charge in [0.15, 0.2) is 0 Å². The number of hydrogen-bond donors (Lipinski definition) is 2.